The van der Waals surface area contributed by atoms with Gasteiger partial charge in [0.1, 0.15) is 0 Å². The lowest BCUT2D eigenvalue weighted by Gasteiger charge is -2.13. The third kappa shape index (κ3) is 3.69. The molecule has 4 rings (SSSR count). The zero-order chi connectivity index (χ0) is 20.5. The van der Waals surface area contributed by atoms with E-state index in [1.54, 1.807) is 30.5 Å². The summed E-state index contributed by atoms with van der Waals surface area (Å²) >= 11 is 0. The van der Waals surface area contributed by atoms with Crippen molar-refractivity contribution >= 4 is 34.4 Å². The summed E-state index contributed by atoms with van der Waals surface area (Å²) in [6.07, 6.45) is 1.81. The molecule has 0 bridgehead atoms. The molecule has 4 amide bonds. The number of rotatable bonds is 5. The van der Waals surface area contributed by atoms with Crippen LogP contribution in [0.25, 0.3) is 10.9 Å². The van der Waals surface area contributed by atoms with Crippen LogP contribution >= 0.6 is 0 Å². The maximum atomic E-state index is 12.7. The van der Waals surface area contributed by atoms with Crippen LogP contribution in [0.2, 0.25) is 0 Å². The van der Waals surface area contributed by atoms with Crippen LogP contribution in [0.1, 0.15) is 35.8 Å². The molecule has 1 saturated heterocycles. The van der Waals surface area contributed by atoms with Crippen LogP contribution in [-0.2, 0) is 11.3 Å². The summed E-state index contributed by atoms with van der Waals surface area (Å²) in [6.45, 7) is 4.24. The zero-order valence-electron chi connectivity index (χ0n) is 16.2. The van der Waals surface area contributed by atoms with E-state index < -0.39 is 6.03 Å². The summed E-state index contributed by atoms with van der Waals surface area (Å²) in [7, 11) is 0. The standard InChI is InChI=1S/C21H21N5O3/c1-13(2)26-18-9-17(7-6-16(18)10-23-26)24-20(28)15-5-3-4-14(8-15)12-25-19(27)11-22-21(25)29/h3-10,13H,11-12H2,1-2H3,(H,22,29)(H,24,28). The largest absolute Gasteiger partial charge is 0.329 e. The number of carbonyl (C=O) groups excluding carboxylic acids is 3. The maximum Gasteiger partial charge on any atom is 0.324 e. The lowest BCUT2D eigenvalue weighted by Crippen LogP contribution is -2.30. The van der Waals surface area contributed by atoms with Crippen molar-refractivity contribution in [1.29, 1.82) is 0 Å². The molecule has 1 fully saturated rings. The summed E-state index contributed by atoms with van der Waals surface area (Å²) in [5.41, 5.74) is 2.78. The number of hydrogen-bond acceptors (Lipinski definition) is 4. The fraction of sp³-hybridized carbons (Fsp3) is 0.238. The van der Waals surface area contributed by atoms with Crippen molar-refractivity contribution in [3.8, 4) is 0 Å². The molecule has 8 nitrogen and oxygen atoms in total. The van der Waals surface area contributed by atoms with E-state index in [1.165, 1.54) is 0 Å². The van der Waals surface area contributed by atoms with Crippen molar-refractivity contribution in [2.45, 2.75) is 26.4 Å². The highest BCUT2D eigenvalue weighted by molar-refractivity contribution is 6.05. The van der Waals surface area contributed by atoms with Gasteiger partial charge in [0.25, 0.3) is 5.91 Å². The van der Waals surface area contributed by atoms with E-state index >= 15 is 0 Å². The van der Waals surface area contributed by atoms with E-state index in [0.717, 1.165) is 15.8 Å². The van der Waals surface area contributed by atoms with Crippen LogP contribution in [-0.4, -0.2) is 39.1 Å². The molecule has 0 spiro atoms. The molecule has 8 heteroatoms. The van der Waals surface area contributed by atoms with Crippen molar-refractivity contribution in [1.82, 2.24) is 20.0 Å². The molecule has 2 N–H and O–H groups in total. The fourth-order valence-electron chi connectivity index (χ4n) is 3.34. The topological polar surface area (TPSA) is 96.3 Å². The predicted molar refractivity (Wildman–Crippen MR) is 108 cm³/mol. The Bertz CT molecular complexity index is 1100. The number of urea groups is 1. The zero-order valence-corrected chi connectivity index (χ0v) is 16.2. The van der Waals surface area contributed by atoms with Crippen LogP contribution in [0, 0.1) is 0 Å². The average molecular weight is 391 g/mol. The monoisotopic (exact) mass is 391 g/mol. The van der Waals surface area contributed by atoms with Gasteiger partial charge in [-0.1, -0.05) is 12.1 Å². The van der Waals surface area contributed by atoms with Crippen LogP contribution < -0.4 is 10.6 Å². The first-order valence-corrected chi connectivity index (χ1v) is 9.38. The minimum Gasteiger partial charge on any atom is -0.329 e. The van der Waals surface area contributed by atoms with Crippen molar-refractivity contribution in [3.63, 3.8) is 0 Å². The number of benzene rings is 2. The molecule has 0 unspecified atom stereocenters. The fourth-order valence-corrected chi connectivity index (χ4v) is 3.34. The number of amides is 4. The van der Waals surface area contributed by atoms with E-state index in [4.69, 9.17) is 0 Å². The Morgan fingerprint density at radius 1 is 1.21 bits per heavy atom. The third-order valence-electron chi connectivity index (χ3n) is 4.81. The van der Waals surface area contributed by atoms with Gasteiger partial charge in [-0.25, -0.2) is 4.79 Å². The summed E-state index contributed by atoms with van der Waals surface area (Å²) < 4.78 is 1.91. The van der Waals surface area contributed by atoms with Gasteiger partial charge >= 0.3 is 6.03 Å². The van der Waals surface area contributed by atoms with E-state index in [0.29, 0.717) is 16.8 Å². The Kier molecular flexibility index (Phi) is 4.75. The molecule has 1 aliphatic rings. The van der Waals surface area contributed by atoms with E-state index in [-0.39, 0.29) is 30.9 Å². The Morgan fingerprint density at radius 2 is 2.03 bits per heavy atom. The second-order valence-electron chi connectivity index (χ2n) is 7.25. The molecule has 29 heavy (non-hydrogen) atoms. The Morgan fingerprint density at radius 3 is 2.76 bits per heavy atom. The van der Waals surface area contributed by atoms with Crippen molar-refractivity contribution < 1.29 is 14.4 Å². The number of anilines is 1. The lowest BCUT2D eigenvalue weighted by atomic mass is 10.1. The van der Waals surface area contributed by atoms with Gasteiger partial charge in [0.15, 0.2) is 0 Å². The van der Waals surface area contributed by atoms with Gasteiger partial charge in [-0.3, -0.25) is 19.2 Å². The number of nitrogens with zero attached hydrogens (tertiary/aromatic N) is 3. The number of nitrogens with one attached hydrogen (secondary N) is 2. The van der Waals surface area contributed by atoms with Gasteiger partial charge in [-0.2, -0.15) is 5.10 Å². The molecule has 1 aromatic heterocycles. The van der Waals surface area contributed by atoms with Crippen LogP contribution in [0.5, 0.6) is 0 Å². The second kappa shape index (κ2) is 7.38. The van der Waals surface area contributed by atoms with Gasteiger partial charge in [-0.15, -0.1) is 0 Å². The van der Waals surface area contributed by atoms with Crippen LogP contribution in [0.3, 0.4) is 0 Å². The van der Waals surface area contributed by atoms with Gasteiger partial charge in [0.2, 0.25) is 5.91 Å². The smallest absolute Gasteiger partial charge is 0.324 e. The lowest BCUT2D eigenvalue weighted by molar-refractivity contribution is -0.125. The van der Waals surface area contributed by atoms with E-state index in [9.17, 15) is 14.4 Å². The van der Waals surface area contributed by atoms with Crippen LogP contribution in [0.15, 0.2) is 48.7 Å². The number of fused-ring (bicyclic) bond motifs is 1. The predicted octanol–water partition coefficient (Wildman–Crippen LogP) is 2.92. The molecule has 0 saturated carbocycles. The van der Waals surface area contributed by atoms with Crippen molar-refractivity contribution in [3.05, 3.63) is 59.8 Å². The SMILES string of the molecule is CC(C)n1ncc2ccc(NC(=O)c3cccc(CN4C(=O)CNC4=O)c3)cc21. The number of hydrogen-bond donors (Lipinski definition) is 2. The Balaban J connectivity index is 1.53. The first-order valence-electron chi connectivity index (χ1n) is 9.38. The molecule has 148 valence electrons. The summed E-state index contributed by atoms with van der Waals surface area (Å²) in [6, 6.07) is 12.3. The summed E-state index contributed by atoms with van der Waals surface area (Å²) in [5, 5.41) is 10.8. The highest BCUT2D eigenvalue weighted by Gasteiger charge is 2.28. The first kappa shape index (κ1) is 18.7. The number of carbonyl (C=O) groups is 3. The van der Waals surface area contributed by atoms with Gasteiger partial charge in [-0.05, 0) is 49.7 Å². The van der Waals surface area contributed by atoms with Gasteiger partial charge in [0, 0.05) is 22.7 Å². The van der Waals surface area contributed by atoms with E-state index in [2.05, 4.69) is 29.6 Å². The Labute approximate surface area is 167 Å². The second-order valence-corrected chi connectivity index (χ2v) is 7.25. The Hall–Kier alpha value is -3.68. The highest BCUT2D eigenvalue weighted by atomic mass is 16.2. The number of aromatic nitrogens is 2. The summed E-state index contributed by atoms with van der Waals surface area (Å²) in [5.74, 6) is -0.543. The molecular weight excluding hydrogens is 370 g/mol. The molecule has 3 aromatic rings. The maximum absolute atomic E-state index is 12.7. The minimum atomic E-state index is -0.417. The highest BCUT2D eigenvalue weighted by Crippen LogP contribution is 2.22. The summed E-state index contributed by atoms with van der Waals surface area (Å²) in [4.78, 5) is 37.4. The molecule has 2 aromatic carbocycles. The molecule has 0 aliphatic carbocycles. The first-order chi connectivity index (χ1) is 13.9. The average Bonchev–Trinajstić information content (AvgIpc) is 3.26. The molecule has 1 aliphatic heterocycles. The van der Waals surface area contributed by atoms with Crippen molar-refractivity contribution in [2.75, 3.05) is 11.9 Å². The molecule has 2 heterocycles. The van der Waals surface area contributed by atoms with E-state index in [1.807, 2.05) is 22.9 Å². The van der Waals surface area contributed by atoms with Crippen LogP contribution in [0.4, 0.5) is 10.5 Å². The third-order valence-corrected chi connectivity index (χ3v) is 4.81. The number of imide groups is 1. The molecule has 0 radical (unpaired) electrons. The minimum absolute atomic E-state index is 0.00838. The van der Waals surface area contributed by atoms with Gasteiger partial charge in [0.05, 0.1) is 24.8 Å². The van der Waals surface area contributed by atoms with Crippen molar-refractivity contribution in [2.24, 2.45) is 0 Å². The van der Waals surface area contributed by atoms with Gasteiger partial charge < -0.3 is 10.6 Å². The molecular formula is C21H21N5O3. The quantitative estimate of drug-likeness (QED) is 0.654. The molecule has 0 atom stereocenters. The normalized spacial score (nSPS) is 14.0.